The molecule has 5 heteroatoms. The highest BCUT2D eigenvalue weighted by Crippen LogP contribution is 2.21. The Morgan fingerprint density at radius 3 is 2.63 bits per heavy atom. The van der Waals surface area contributed by atoms with Crippen LogP contribution < -0.4 is 5.73 Å². The maximum atomic E-state index is 12.2. The lowest BCUT2D eigenvalue weighted by atomic mass is 10.0. The van der Waals surface area contributed by atoms with Gasteiger partial charge in [0.05, 0.1) is 0 Å². The van der Waals surface area contributed by atoms with E-state index in [1.165, 1.54) is 0 Å². The van der Waals surface area contributed by atoms with Gasteiger partial charge >= 0.3 is 0 Å². The number of likely N-dealkylation sites (N-methyl/N-ethyl adjacent to an activating group) is 1. The van der Waals surface area contributed by atoms with Crippen molar-refractivity contribution < 1.29 is 9.59 Å². The quantitative estimate of drug-likeness (QED) is 0.776. The van der Waals surface area contributed by atoms with E-state index in [1.54, 1.807) is 23.9 Å². The predicted octanol–water partition coefficient (Wildman–Crippen LogP) is 0.831. The first-order valence-corrected chi connectivity index (χ1v) is 7.18. The molecule has 110 valence electrons. The lowest BCUT2D eigenvalue weighted by molar-refractivity contribution is -0.142. The van der Waals surface area contributed by atoms with Gasteiger partial charge in [-0.1, -0.05) is 6.92 Å². The van der Waals surface area contributed by atoms with Gasteiger partial charge in [0, 0.05) is 27.1 Å². The molecule has 1 saturated heterocycles. The standard InChI is InChI=1S/C14H27N3O2/c1-11(8-9-15)6-7-13(18)17-10-4-5-12(17)14(19)16(2)3/h11-12H,4-10,15H2,1-3H3. The van der Waals surface area contributed by atoms with Gasteiger partial charge in [0.25, 0.3) is 0 Å². The molecule has 0 aromatic rings. The van der Waals surface area contributed by atoms with Crippen molar-refractivity contribution in [3.63, 3.8) is 0 Å². The number of amides is 2. The Morgan fingerprint density at radius 1 is 1.37 bits per heavy atom. The Hall–Kier alpha value is -1.10. The summed E-state index contributed by atoms with van der Waals surface area (Å²) in [6.07, 6.45) is 4.05. The van der Waals surface area contributed by atoms with E-state index in [1.807, 2.05) is 0 Å². The first-order valence-electron chi connectivity index (χ1n) is 7.18. The molecule has 0 radical (unpaired) electrons. The molecule has 2 N–H and O–H groups in total. The predicted molar refractivity (Wildman–Crippen MR) is 75.5 cm³/mol. The smallest absolute Gasteiger partial charge is 0.244 e. The third-order valence-corrected chi connectivity index (χ3v) is 3.81. The molecule has 0 saturated carbocycles. The van der Waals surface area contributed by atoms with Crippen LogP contribution >= 0.6 is 0 Å². The summed E-state index contributed by atoms with van der Waals surface area (Å²) in [6, 6.07) is -0.243. The molecule has 1 fully saturated rings. The van der Waals surface area contributed by atoms with Crippen LogP contribution in [0.5, 0.6) is 0 Å². The number of hydrogen-bond acceptors (Lipinski definition) is 3. The number of hydrogen-bond donors (Lipinski definition) is 1. The molecular weight excluding hydrogens is 242 g/mol. The fourth-order valence-electron chi connectivity index (χ4n) is 2.56. The highest BCUT2D eigenvalue weighted by molar-refractivity contribution is 5.88. The average molecular weight is 269 g/mol. The van der Waals surface area contributed by atoms with Gasteiger partial charge in [-0.25, -0.2) is 0 Å². The zero-order valence-corrected chi connectivity index (χ0v) is 12.4. The van der Waals surface area contributed by atoms with Crippen LogP contribution in [0.2, 0.25) is 0 Å². The van der Waals surface area contributed by atoms with E-state index in [-0.39, 0.29) is 17.9 Å². The minimum atomic E-state index is -0.243. The minimum Gasteiger partial charge on any atom is -0.347 e. The number of nitrogens with two attached hydrogens (primary N) is 1. The summed E-state index contributed by atoms with van der Waals surface area (Å²) in [5, 5.41) is 0. The first kappa shape index (κ1) is 16.0. The van der Waals surface area contributed by atoms with Crippen LogP contribution in [0, 0.1) is 5.92 Å². The molecule has 5 nitrogen and oxygen atoms in total. The third kappa shape index (κ3) is 4.49. The molecule has 1 aliphatic rings. The van der Waals surface area contributed by atoms with Gasteiger partial charge in [0.2, 0.25) is 11.8 Å². The molecule has 0 spiro atoms. The molecule has 0 aliphatic carbocycles. The Morgan fingerprint density at radius 2 is 2.05 bits per heavy atom. The lowest BCUT2D eigenvalue weighted by Crippen LogP contribution is -2.45. The zero-order chi connectivity index (χ0) is 14.4. The number of nitrogens with zero attached hydrogens (tertiary/aromatic N) is 2. The van der Waals surface area contributed by atoms with Gasteiger partial charge in [0.15, 0.2) is 0 Å². The van der Waals surface area contributed by atoms with Crippen molar-refractivity contribution >= 4 is 11.8 Å². The lowest BCUT2D eigenvalue weighted by Gasteiger charge is -2.26. The summed E-state index contributed by atoms with van der Waals surface area (Å²) in [7, 11) is 3.49. The second-order valence-corrected chi connectivity index (χ2v) is 5.70. The molecular formula is C14H27N3O2. The molecule has 1 aliphatic heterocycles. The molecule has 19 heavy (non-hydrogen) atoms. The second kappa shape index (κ2) is 7.48. The van der Waals surface area contributed by atoms with E-state index in [4.69, 9.17) is 5.73 Å². The second-order valence-electron chi connectivity index (χ2n) is 5.70. The van der Waals surface area contributed by atoms with Crippen LogP contribution in [0.1, 0.15) is 39.0 Å². The zero-order valence-electron chi connectivity index (χ0n) is 12.4. The highest BCUT2D eigenvalue weighted by Gasteiger charge is 2.34. The van der Waals surface area contributed by atoms with Gasteiger partial charge < -0.3 is 15.5 Å². The number of carbonyl (C=O) groups is 2. The average Bonchev–Trinajstić information content (AvgIpc) is 2.84. The van der Waals surface area contributed by atoms with Crippen LogP contribution in [0.4, 0.5) is 0 Å². The molecule has 0 bridgehead atoms. The molecule has 1 rings (SSSR count). The summed E-state index contributed by atoms with van der Waals surface area (Å²) >= 11 is 0. The fraction of sp³-hybridized carbons (Fsp3) is 0.857. The van der Waals surface area contributed by atoms with Crippen molar-refractivity contribution in [2.75, 3.05) is 27.2 Å². The third-order valence-electron chi connectivity index (χ3n) is 3.81. The fourth-order valence-corrected chi connectivity index (χ4v) is 2.56. The van der Waals surface area contributed by atoms with E-state index in [2.05, 4.69) is 6.92 Å². The summed E-state index contributed by atoms with van der Waals surface area (Å²) in [5.41, 5.74) is 5.51. The highest BCUT2D eigenvalue weighted by atomic mass is 16.2. The van der Waals surface area contributed by atoms with Crippen LogP contribution in [0.25, 0.3) is 0 Å². The summed E-state index contributed by atoms with van der Waals surface area (Å²) in [4.78, 5) is 27.6. The Kier molecular flexibility index (Phi) is 6.28. The molecule has 2 atom stereocenters. The van der Waals surface area contributed by atoms with Crippen LogP contribution in [0.15, 0.2) is 0 Å². The van der Waals surface area contributed by atoms with Gasteiger partial charge in [-0.05, 0) is 38.1 Å². The van der Waals surface area contributed by atoms with E-state index in [0.717, 1.165) is 25.7 Å². The largest absolute Gasteiger partial charge is 0.347 e. The van der Waals surface area contributed by atoms with Crippen molar-refractivity contribution in [3.8, 4) is 0 Å². The topological polar surface area (TPSA) is 66.6 Å². The van der Waals surface area contributed by atoms with Crippen LogP contribution in [0.3, 0.4) is 0 Å². The van der Waals surface area contributed by atoms with E-state index in [0.29, 0.717) is 25.4 Å². The number of likely N-dealkylation sites (tertiary alicyclic amines) is 1. The normalized spacial score (nSPS) is 20.4. The van der Waals surface area contributed by atoms with Crippen molar-refractivity contribution in [1.82, 2.24) is 9.80 Å². The van der Waals surface area contributed by atoms with Crippen molar-refractivity contribution in [2.45, 2.75) is 45.1 Å². The summed E-state index contributed by atoms with van der Waals surface area (Å²) in [5.74, 6) is 0.627. The summed E-state index contributed by atoms with van der Waals surface area (Å²) in [6.45, 7) is 3.50. The molecule has 1 heterocycles. The number of carbonyl (C=O) groups excluding carboxylic acids is 2. The van der Waals surface area contributed by atoms with Crippen LogP contribution in [-0.2, 0) is 9.59 Å². The number of rotatable bonds is 6. The van der Waals surface area contributed by atoms with E-state index >= 15 is 0 Å². The Bertz CT molecular complexity index is 318. The van der Waals surface area contributed by atoms with Crippen LogP contribution in [-0.4, -0.2) is 54.8 Å². The Labute approximate surface area is 116 Å². The minimum absolute atomic E-state index is 0.0425. The molecule has 2 unspecified atom stereocenters. The van der Waals surface area contributed by atoms with Crippen molar-refractivity contribution in [2.24, 2.45) is 11.7 Å². The van der Waals surface area contributed by atoms with Gasteiger partial charge in [-0.15, -0.1) is 0 Å². The van der Waals surface area contributed by atoms with E-state index in [9.17, 15) is 9.59 Å². The van der Waals surface area contributed by atoms with Gasteiger partial charge in [0.1, 0.15) is 6.04 Å². The van der Waals surface area contributed by atoms with Gasteiger partial charge in [-0.2, -0.15) is 0 Å². The maximum Gasteiger partial charge on any atom is 0.244 e. The monoisotopic (exact) mass is 269 g/mol. The summed E-state index contributed by atoms with van der Waals surface area (Å²) < 4.78 is 0. The molecule has 0 aromatic heterocycles. The van der Waals surface area contributed by atoms with E-state index < -0.39 is 0 Å². The maximum absolute atomic E-state index is 12.2. The molecule has 0 aromatic carbocycles. The van der Waals surface area contributed by atoms with Gasteiger partial charge in [-0.3, -0.25) is 9.59 Å². The van der Waals surface area contributed by atoms with Crippen molar-refractivity contribution in [3.05, 3.63) is 0 Å². The van der Waals surface area contributed by atoms with Crippen molar-refractivity contribution in [1.29, 1.82) is 0 Å². The SMILES string of the molecule is CC(CCN)CCC(=O)N1CCCC1C(=O)N(C)C. The Balaban J connectivity index is 2.49. The molecule has 2 amide bonds. The first-order chi connectivity index (χ1) is 8.97.